The zero-order valence-corrected chi connectivity index (χ0v) is 16.6. The highest BCUT2D eigenvalue weighted by Crippen LogP contribution is 2.40. The van der Waals surface area contributed by atoms with Gasteiger partial charge in [-0.25, -0.2) is 0 Å². The molecule has 4 heteroatoms. The molecule has 0 N–H and O–H groups in total. The van der Waals surface area contributed by atoms with Crippen LogP contribution in [0.4, 0.5) is 0 Å². The highest BCUT2D eigenvalue weighted by atomic mass is 32.2. The molecule has 0 saturated heterocycles. The van der Waals surface area contributed by atoms with Gasteiger partial charge in [0.25, 0.3) is 0 Å². The molecule has 1 atom stereocenters. The fourth-order valence-electron chi connectivity index (χ4n) is 3.32. The third-order valence-corrected chi connectivity index (χ3v) is 5.71. The van der Waals surface area contributed by atoms with E-state index in [2.05, 4.69) is 32.9 Å². The minimum absolute atomic E-state index is 0.0137. The molecule has 0 aliphatic carbocycles. The summed E-state index contributed by atoms with van der Waals surface area (Å²) < 4.78 is 30.0. The van der Waals surface area contributed by atoms with E-state index in [0.29, 0.717) is 5.75 Å². The lowest BCUT2D eigenvalue weighted by Crippen LogP contribution is -2.19. The Hall–Kier alpha value is -2.59. The van der Waals surface area contributed by atoms with E-state index < -0.39 is 10.1 Å². The lowest BCUT2D eigenvalue weighted by Gasteiger charge is -2.32. The second-order valence-electron chi connectivity index (χ2n) is 7.63. The van der Waals surface area contributed by atoms with Crippen LogP contribution >= 0.6 is 0 Å². The Morgan fingerprint density at radius 2 is 1.19 bits per heavy atom. The van der Waals surface area contributed by atoms with Crippen molar-refractivity contribution in [3.05, 3.63) is 96.1 Å². The summed E-state index contributed by atoms with van der Waals surface area (Å²) in [5.41, 5.74) is 2.37. The van der Waals surface area contributed by atoms with E-state index in [1.54, 1.807) is 30.3 Å². The molecule has 3 aromatic rings. The molecular weight excluding hydrogens is 356 g/mol. The van der Waals surface area contributed by atoms with Crippen molar-refractivity contribution in [2.45, 2.75) is 31.6 Å². The fourth-order valence-corrected chi connectivity index (χ4v) is 4.27. The first kappa shape index (κ1) is 19.2. The molecule has 3 rings (SSSR count). The molecule has 0 aliphatic heterocycles. The Labute approximate surface area is 161 Å². The van der Waals surface area contributed by atoms with Crippen LogP contribution in [0, 0.1) is 5.41 Å². The van der Waals surface area contributed by atoms with Gasteiger partial charge in [0.05, 0.1) is 0 Å². The molecule has 0 aliphatic rings. The van der Waals surface area contributed by atoms with Gasteiger partial charge in [0.1, 0.15) is 10.6 Å². The van der Waals surface area contributed by atoms with Crippen LogP contribution in [-0.2, 0) is 10.1 Å². The maximum absolute atomic E-state index is 12.4. The lowest BCUT2D eigenvalue weighted by atomic mass is 9.72. The zero-order valence-electron chi connectivity index (χ0n) is 15.8. The molecule has 0 amide bonds. The van der Waals surface area contributed by atoms with E-state index in [9.17, 15) is 8.42 Å². The Bertz CT molecular complexity index is 971. The molecule has 0 bridgehead atoms. The summed E-state index contributed by atoms with van der Waals surface area (Å²) in [4.78, 5) is 0.144. The van der Waals surface area contributed by atoms with E-state index in [1.165, 1.54) is 17.7 Å². The molecule has 140 valence electrons. The molecule has 3 aromatic carbocycles. The molecule has 3 nitrogen and oxygen atoms in total. The summed E-state index contributed by atoms with van der Waals surface area (Å²) in [7, 11) is -3.83. The Morgan fingerprint density at radius 1 is 0.704 bits per heavy atom. The normalized spacial score (nSPS) is 13.1. The second-order valence-corrected chi connectivity index (χ2v) is 9.18. The van der Waals surface area contributed by atoms with Gasteiger partial charge in [-0.05, 0) is 40.8 Å². The van der Waals surface area contributed by atoms with Crippen molar-refractivity contribution in [2.75, 3.05) is 0 Å². The van der Waals surface area contributed by atoms with Crippen molar-refractivity contribution >= 4 is 10.1 Å². The van der Waals surface area contributed by atoms with Gasteiger partial charge in [0, 0.05) is 5.92 Å². The predicted octanol–water partition coefficient (Wildman–Crippen LogP) is 5.63. The number of rotatable bonds is 5. The van der Waals surface area contributed by atoms with Crippen molar-refractivity contribution in [1.82, 2.24) is 0 Å². The van der Waals surface area contributed by atoms with Gasteiger partial charge < -0.3 is 4.18 Å². The average molecular weight is 381 g/mol. The van der Waals surface area contributed by atoms with E-state index in [1.807, 2.05) is 30.3 Å². The molecule has 0 aromatic heterocycles. The summed E-state index contributed by atoms with van der Waals surface area (Å²) in [6.45, 7) is 6.61. The van der Waals surface area contributed by atoms with Crippen molar-refractivity contribution in [2.24, 2.45) is 5.41 Å². The zero-order chi connectivity index (χ0) is 19.5. The average Bonchev–Trinajstić information content (AvgIpc) is 2.64. The van der Waals surface area contributed by atoms with Crippen LogP contribution in [0.25, 0.3) is 0 Å². The summed E-state index contributed by atoms with van der Waals surface area (Å²) in [6, 6.07) is 25.8. The first-order chi connectivity index (χ1) is 12.8. The van der Waals surface area contributed by atoms with E-state index in [0.717, 1.165) is 5.56 Å². The Balaban J connectivity index is 1.88. The van der Waals surface area contributed by atoms with E-state index >= 15 is 0 Å². The SMILES string of the molecule is CC(C)(C)C(c1ccccc1)c1ccc(OS(=O)(=O)c2ccccc2)cc1. The highest BCUT2D eigenvalue weighted by Gasteiger charge is 2.28. The molecule has 0 saturated carbocycles. The van der Waals surface area contributed by atoms with Crippen LogP contribution in [0.1, 0.15) is 37.8 Å². The first-order valence-corrected chi connectivity index (χ1v) is 10.3. The third-order valence-electron chi connectivity index (χ3n) is 4.45. The molecule has 27 heavy (non-hydrogen) atoms. The van der Waals surface area contributed by atoms with Gasteiger partial charge in [-0.15, -0.1) is 0 Å². The monoisotopic (exact) mass is 380 g/mol. The summed E-state index contributed by atoms with van der Waals surface area (Å²) in [5, 5.41) is 0. The van der Waals surface area contributed by atoms with Gasteiger partial charge in [-0.2, -0.15) is 8.42 Å². The van der Waals surface area contributed by atoms with Gasteiger partial charge in [-0.3, -0.25) is 0 Å². The van der Waals surface area contributed by atoms with Crippen LogP contribution in [-0.4, -0.2) is 8.42 Å². The van der Waals surface area contributed by atoms with Crippen LogP contribution in [0.2, 0.25) is 0 Å². The Morgan fingerprint density at radius 3 is 1.70 bits per heavy atom. The van der Waals surface area contributed by atoms with Gasteiger partial charge in [0.2, 0.25) is 0 Å². The van der Waals surface area contributed by atoms with Gasteiger partial charge in [0.15, 0.2) is 0 Å². The van der Waals surface area contributed by atoms with Crippen LogP contribution in [0.3, 0.4) is 0 Å². The van der Waals surface area contributed by atoms with Crippen molar-refractivity contribution in [3.63, 3.8) is 0 Å². The lowest BCUT2D eigenvalue weighted by molar-refractivity contribution is 0.358. The number of hydrogen-bond donors (Lipinski definition) is 0. The third kappa shape index (κ3) is 4.58. The van der Waals surface area contributed by atoms with Crippen molar-refractivity contribution < 1.29 is 12.6 Å². The molecule has 1 unspecified atom stereocenters. The maximum atomic E-state index is 12.4. The Kier molecular flexibility index (Phi) is 5.38. The fraction of sp³-hybridized carbons (Fsp3) is 0.217. The summed E-state index contributed by atoms with van der Waals surface area (Å²) in [5.74, 6) is 0.502. The van der Waals surface area contributed by atoms with Crippen molar-refractivity contribution in [3.8, 4) is 5.75 Å². The molecule has 0 spiro atoms. The second kappa shape index (κ2) is 7.57. The topological polar surface area (TPSA) is 43.4 Å². The summed E-state index contributed by atoms with van der Waals surface area (Å²) in [6.07, 6.45) is 0. The maximum Gasteiger partial charge on any atom is 0.339 e. The molecule has 0 radical (unpaired) electrons. The standard InChI is InChI=1S/C23H24O3S/c1-23(2,3)22(18-10-6-4-7-11-18)19-14-16-20(17-15-19)26-27(24,25)21-12-8-5-9-13-21/h4-17,22H,1-3H3. The van der Waals surface area contributed by atoms with Gasteiger partial charge in [-0.1, -0.05) is 81.4 Å². The van der Waals surface area contributed by atoms with Crippen molar-refractivity contribution in [1.29, 1.82) is 0 Å². The smallest absolute Gasteiger partial charge is 0.339 e. The minimum Gasteiger partial charge on any atom is -0.379 e. The molecule has 0 fully saturated rings. The van der Waals surface area contributed by atoms with Gasteiger partial charge >= 0.3 is 10.1 Å². The quantitative estimate of drug-likeness (QED) is 0.539. The summed E-state index contributed by atoms with van der Waals surface area (Å²) >= 11 is 0. The number of benzene rings is 3. The van der Waals surface area contributed by atoms with E-state index in [-0.39, 0.29) is 16.2 Å². The van der Waals surface area contributed by atoms with Crippen LogP contribution in [0.15, 0.2) is 89.8 Å². The number of hydrogen-bond acceptors (Lipinski definition) is 3. The molecule has 0 heterocycles. The molecular formula is C23H24O3S. The van der Waals surface area contributed by atoms with Crippen LogP contribution in [0.5, 0.6) is 5.75 Å². The predicted molar refractivity (Wildman–Crippen MR) is 108 cm³/mol. The largest absolute Gasteiger partial charge is 0.379 e. The highest BCUT2D eigenvalue weighted by molar-refractivity contribution is 7.87. The van der Waals surface area contributed by atoms with E-state index in [4.69, 9.17) is 4.18 Å². The minimum atomic E-state index is -3.83. The van der Waals surface area contributed by atoms with Crippen LogP contribution < -0.4 is 4.18 Å². The first-order valence-electron chi connectivity index (χ1n) is 8.92.